The van der Waals surface area contributed by atoms with Gasteiger partial charge in [-0.2, -0.15) is 13.2 Å². The maximum absolute atomic E-state index is 13.0. The number of aromatic nitrogens is 1. The largest absolute Gasteiger partial charge is 0.416 e. The topological polar surface area (TPSA) is 25.2 Å². The zero-order valence-corrected chi connectivity index (χ0v) is 13.0. The Balaban J connectivity index is 1.89. The Morgan fingerprint density at radius 2 is 1.92 bits per heavy atom. The van der Waals surface area contributed by atoms with Crippen LogP contribution in [0.15, 0.2) is 41.2 Å². The van der Waals surface area contributed by atoms with Crippen LogP contribution >= 0.6 is 0 Å². The fourth-order valence-electron chi connectivity index (χ4n) is 3.84. The van der Waals surface area contributed by atoms with E-state index in [9.17, 15) is 18.0 Å². The Morgan fingerprint density at radius 1 is 1.08 bits per heavy atom. The van der Waals surface area contributed by atoms with Gasteiger partial charge < -0.3 is 4.90 Å². The molecule has 0 saturated carbocycles. The van der Waals surface area contributed by atoms with E-state index in [-0.39, 0.29) is 5.56 Å². The fraction of sp³-hybridized carbons (Fsp3) is 0.389. The quantitative estimate of drug-likeness (QED) is 0.793. The molecule has 2 bridgehead atoms. The van der Waals surface area contributed by atoms with Gasteiger partial charge in [0.2, 0.25) is 0 Å². The number of pyridine rings is 1. The number of anilines is 1. The molecule has 126 valence electrons. The number of piperidine rings is 1. The van der Waals surface area contributed by atoms with Crippen LogP contribution < -0.4 is 10.5 Å². The molecule has 0 aliphatic carbocycles. The molecular formula is C18H17F3N2O. The molecule has 6 heteroatoms. The van der Waals surface area contributed by atoms with Crippen molar-refractivity contribution < 1.29 is 13.2 Å². The maximum atomic E-state index is 13.0. The molecule has 2 aliphatic heterocycles. The van der Waals surface area contributed by atoms with Crippen molar-refractivity contribution in [3.05, 3.63) is 52.3 Å². The van der Waals surface area contributed by atoms with Crippen molar-refractivity contribution in [1.29, 1.82) is 0 Å². The lowest BCUT2D eigenvalue weighted by Crippen LogP contribution is -2.46. The van der Waals surface area contributed by atoms with Crippen LogP contribution in [0.2, 0.25) is 0 Å². The predicted octanol–water partition coefficient (Wildman–Crippen LogP) is 3.76. The summed E-state index contributed by atoms with van der Waals surface area (Å²) in [5, 5.41) is 0. The van der Waals surface area contributed by atoms with Gasteiger partial charge in [-0.15, -0.1) is 0 Å². The average Bonchev–Trinajstić information content (AvgIpc) is 2.55. The van der Waals surface area contributed by atoms with Crippen molar-refractivity contribution in [2.45, 2.75) is 25.6 Å². The summed E-state index contributed by atoms with van der Waals surface area (Å²) < 4.78 is 40.8. The Labute approximate surface area is 137 Å². The van der Waals surface area contributed by atoms with E-state index in [2.05, 4.69) is 4.90 Å². The second-order valence-corrected chi connectivity index (χ2v) is 6.55. The summed E-state index contributed by atoms with van der Waals surface area (Å²) in [6, 6.07) is 8.44. The number of rotatable bonds is 1. The minimum Gasteiger partial charge on any atom is -0.357 e. The van der Waals surface area contributed by atoms with E-state index in [1.54, 1.807) is 16.7 Å². The molecule has 0 spiro atoms. The second kappa shape index (κ2) is 5.40. The van der Waals surface area contributed by atoms with Gasteiger partial charge >= 0.3 is 6.18 Å². The minimum atomic E-state index is -4.38. The Hall–Kier alpha value is -2.24. The van der Waals surface area contributed by atoms with Crippen LogP contribution in [0.3, 0.4) is 0 Å². The van der Waals surface area contributed by atoms with Gasteiger partial charge in [0.25, 0.3) is 5.56 Å². The lowest BCUT2D eigenvalue weighted by Gasteiger charge is -2.42. The molecule has 1 atom stereocenters. The van der Waals surface area contributed by atoms with E-state index in [0.717, 1.165) is 43.9 Å². The first-order valence-electron chi connectivity index (χ1n) is 8.10. The van der Waals surface area contributed by atoms with E-state index in [4.69, 9.17) is 0 Å². The molecule has 1 saturated heterocycles. The summed E-state index contributed by atoms with van der Waals surface area (Å²) >= 11 is 0. The van der Waals surface area contributed by atoms with Crippen LogP contribution in [0.5, 0.6) is 0 Å². The SMILES string of the molecule is O=c1ccc(-c2cccc(C(F)(F)F)c2)c2n1CC1CCCN2C1. The Morgan fingerprint density at radius 3 is 2.71 bits per heavy atom. The molecule has 4 rings (SSSR count). The first-order chi connectivity index (χ1) is 11.4. The van der Waals surface area contributed by atoms with E-state index < -0.39 is 11.7 Å². The monoisotopic (exact) mass is 334 g/mol. The van der Waals surface area contributed by atoms with Crippen LogP contribution in [-0.2, 0) is 12.7 Å². The van der Waals surface area contributed by atoms with Crippen LogP contribution in [0, 0.1) is 5.92 Å². The molecule has 0 radical (unpaired) electrons. The molecule has 1 aromatic heterocycles. The van der Waals surface area contributed by atoms with Gasteiger partial charge in [0.15, 0.2) is 0 Å². The highest BCUT2D eigenvalue weighted by molar-refractivity contribution is 5.77. The van der Waals surface area contributed by atoms with Gasteiger partial charge in [-0.1, -0.05) is 12.1 Å². The van der Waals surface area contributed by atoms with Crippen molar-refractivity contribution in [2.24, 2.45) is 5.92 Å². The molecule has 0 amide bonds. The molecule has 3 nitrogen and oxygen atoms in total. The summed E-state index contributed by atoms with van der Waals surface area (Å²) in [5.74, 6) is 1.21. The number of halogens is 3. The molecule has 24 heavy (non-hydrogen) atoms. The highest BCUT2D eigenvalue weighted by Gasteiger charge is 2.33. The molecule has 1 unspecified atom stereocenters. The molecular weight excluding hydrogens is 317 g/mol. The molecule has 2 aromatic rings. The summed E-state index contributed by atoms with van der Waals surface area (Å²) in [4.78, 5) is 14.4. The Bertz CT molecular complexity index is 841. The zero-order valence-electron chi connectivity index (χ0n) is 13.0. The standard InChI is InChI=1S/C18H17F3N2O/c19-18(20,21)14-5-1-4-13(9-14)15-6-7-16(24)23-11-12-3-2-8-22(10-12)17(15)23/h1,4-7,9,12H,2-3,8,10-11H2. The van der Waals surface area contributed by atoms with Gasteiger partial charge in [0.1, 0.15) is 5.82 Å². The van der Waals surface area contributed by atoms with Gasteiger partial charge in [0.05, 0.1) is 5.56 Å². The van der Waals surface area contributed by atoms with E-state index in [0.29, 0.717) is 23.6 Å². The fourth-order valence-corrected chi connectivity index (χ4v) is 3.84. The second-order valence-electron chi connectivity index (χ2n) is 6.55. The highest BCUT2D eigenvalue weighted by Crippen LogP contribution is 2.38. The smallest absolute Gasteiger partial charge is 0.357 e. The third-order valence-electron chi connectivity index (χ3n) is 4.92. The normalized spacial score (nSPS) is 20.0. The van der Waals surface area contributed by atoms with E-state index >= 15 is 0 Å². The lowest BCUT2D eigenvalue weighted by molar-refractivity contribution is -0.137. The van der Waals surface area contributed by atoms with Crippen molar-refractivity contribution >= 4 is 5.82 Å². The van der Waals surface area contributed by atoms with Crippen LogP contribution in [-0.4, -0.2) is 17.7 Å². The van der Waals surface area contributed by atoms with Gasteiger partial charge in [-0.25, -0.2) is 0 Å². The zero-order chi connectivity index (χ0) is 16.9. The third kappa shape index (κ3) is 2.50. The Kier molecular flexibility index (Phi) is 3.44. The number of benzene rings is 1. The lowest BCUT2D eigenvalue weighted by atomic mass is 9.93. The van der Waals surface area contributed by atoms with Crippen LogP contribution in [0.4, 0.5) is 19.0 Å². The molecule has 1 aromatic carbocycles. The summed E-state index contributed by atoms with van der Waals surface area (Å²) in [5.41, 5.74) is 0.438. The predicted molar refractivity (Wildman–Crippen MR) is 86.1 cm³/mol. The number of hydrogen-bond acceptors (Lipinski definition) is 2. The van der Waals surface area contributed by atoms with Crippen molar-refractivity contribution in [3.8, 4) is 11.1 Å². The van der Waals surface area contributed by atoms with Crippen molar-refractivity contribution in [3.63, 3.8) is 0 Å². The van der Waals surface area contributed by atoms with E-state index in [1.807, 2.05) is 0 Å². The van der Waals surface area contributed by atoms with E-state index in [1.165, 1.54) is 12.1 Å². The minimum absolute atomic E-state index is 0.0858. The summed E-state index contributed by atoms with van der Waals surface area (Å²) in [6.07, 6.45) is -2.23. The van der Waals surface area contributed by atoms with Gasteiger partial charge in [-0.05, 0) is 42.5 Å². The van der Waals surface area contributed by atoms with Crippen LogP contribution in [0.1, 0.15) is 18.4 Å². The molecule has 1 fully saturated rings. The number of fused-ring (bicyclic) bond motifs is 4. The van der Waals surface area contributed by atoms with Gasteiger partial charge in [0, 0.05) is 31.3 Å². The third-order valence-corrected chi connectivity index (χ3v) is 4.92. The average molecular weight is 334 g/mol. The molecule has 0 N–H and O–H groups in total. The maximum Gasteiger partial charge on any atom is 0.416 e. The van der Waals surface area contributed by atoms with Crippen LogP contribution in [0.25, 0.3) is 11.1 Å². The van der Waals surface area contributed by atoms with Crippen molar-refractivity contribution in [2.75, 3.05) is 18.0 Å². The van der Waals surface area contributed by atoms with Gasteiger partial charge in [-0.3, -0.25) is 9.36 Å². The first kappa shape index (κ1) is 15.3. The molecule has 3 heterocycles. The number of alkyl halides is 3. The number of nitrogens with zero attached hydrogens (tertiary/aromatic N) is 2. The highest BCUT2D eigenvalue weighted by atomic mass is 19.4. The first-order valence-corrected chi connectivity index (χ1v) is 8.10. The molecule has 2 aliphatic rings. The summed E-state index contributed by atoms with van der Waals surface area (Å²) in [6.45, 7) is 2.36. The number of hydrogen-bond donors (Lipinski definition) is 0. The van der Waals surface area contributed by atoms with Crippen molar-refractivity contribution in [1.82, 2.24) is 4.57 Å². The summed E-state index contributed by atoms with van der Waals surface area (Å²) in [7, 11) is 0.